The quantitative estimate of drug-likeness (QED) is 0.262. The molecule has 0 aromatic heterocycles. The van der Waals surface area contributed by atoms with E-state index < -0.39 is 0 Å². The number of carbonyl (C=O) groups is 1. The molecule has 0 fully saturated rings. The number of alkyl halides is 1. The van der Waals surface area contributed by atoms with Crippen LogP contribution in [0.1, 0.15) is 45.4 Å². The average molecular weight is 233 g/mol. The molecule has 0 heterocycles. The van der Waals surface area contributed by atoms with Crippen molar-refractivity contribution < 1.29 is 9.53 Å². The zero-order valence-electron chi connectivity index (χ0n) is 9.51. The number of halogens is 1. The van der Waals surface area contributed by atoms with Crippen LogP contribution in [0.15, 0.2) is 12.7 Å². The summed E-state index contributed by atoms with van der Waals surface area (Å²) in [5.74, 6) is -0.401. The summed E-state index contributed by atoms with van der Waals surface area (Å²) in [6, 6.07) is 0. The Bertz CT molecular complexity index is 180. The molecule has 0 spiro atoms. The number of ether oxygens (including phenoxy) is 1. The van der Waals surface area contributed by atoms with Gasteiger partial charge in [-0.25, -0.2) is 0 Å². The number of esters is 1. The van der Waals surface area contributed by atoms with Crippen molar-refractivity contribution in [3.63, 3.8) is 0 Å². The predicted octanol–water partition coefficient (Wildman–Crippen LogP) is 3.68. The molecule has 0 aliphatic carbocycles. The van der Waals surface area contributed by atoms with Crippen molar-refractivity contribution in [1.29, 1.82) is 0 Å². The number of carbonyl (C=O) groups excluding carboxylic acids is 1. The SMILES string of the molecule is C=CCC(CCCCCC)OC(=O)CCl. The minimum atomic E-state index is -0.334. The highest BCUT2D eigenvalue weighted by molar-refractivity contribution is 6.26. The van der Waals surface area contributed by atoms with Crippen LogP contribution in [-0.2, 0) is 9.53 Å². The summed E-state index contributed by atoms with van der Waals surface area (Å²) < 4.78 is 5.18. The molecule has 3 heteroatoms. The van der Waals surface area contributed by atoms with Crippen molar-refractivity contribution in [2.45, 2.75) is 51.6 Å². The van der Waals surface area contributed by atoms with Gasteiger partial charge in [-0.2, -0.15) is 0 Å². The third kappa shape index (κ3) is 8.49. The van der Waals surface area contributed by atoms with Gasteiger partial charge in [-0.3, -0.25) is 4.79 Å². The van der Waals surface area contributed by atoms with E-state index in [1.54, 1.807) is 6.08 Å². The van der Waals surface area contributed by atoms with E-state index in [2.05, 4.69) is 13.5 Å². The third-order valence-corrected chi connectivity index (χ3v) is 2.43. The minimum Gasteiger partial charge on any atom is -0.461 e. The molecule has 88 valence electrons. The van der Waals surface area contributed by atoms with E-state index in [4.69, 9.17) is 16.3 Å². The summed E-state index contributed by atoms with van der Waals surface area (Å²) in [4.78, 5) is 11.0. The first-order chi connectivity index (χ1) is 7.24. The summed E-state index contributed by atoms with van der Waals surface area (Å²) >= 11 is 5.38. The van der Waals surface area contributed by atoms with Gasteiger partial charge in [0.05, 0.1) is 0 Å². The summed E-state index contributed by atoms with van der Waals surface area (Å²) in [6.45, 7) is 5.83. The van der Waals surface area contributed by atoms with Crippen molar-refractivity contribution >= 4 is 17.6 Å². The van der Waals surface area contributed by atoms with E-state index in [0.29, 0.717) is 0 Å². The normalized spacial score (nSPS) is 12.1. The van der Waals surface area contributed by atoms with Crippen LogP contribution in [0, 0.1) is 0 Å². The third-order valence-electron chi connectivity index (χ3n) is 2.22. The van der Waals surface area contributed by atoms with Crippen molar-refractivity contribution in [3.05, 3.63) is 12.7 Å². The number of hydrogen-bond donors (Lipinski definition) is 0. The molecule has 0 radical (unpaired) electrons. The zero-order chi connectivity index (χ0) is 11.5. The van der Waals surface area contributed by atoms with Crippen LogP contribution in [0.2, 0.25) is 0 Å². The highest BCUT2D eigenvalue weighted by Crippen LogP contribution is 2.12. The molecule has 0 rings (SSSR count). The van der Waals surface area contributed by atoms with Crippen LogP contribution in [0.25, 0.3) is 0 Å². The van der Waals surface area contributed by atoms with E-state index in [1.165, 1.54) is 19.3 Å². The topological polar surface area (TPSA) is 26.3 Å². The molecule has 0 aromatic carbocycles. The highest BCUT2D eigenvalue weighted by atomic mass is 35.5. The molecule has 2 nitrogen and oxygen atoms in total. The van der Waals surface area contributed by atoms with Gasteiger partial charge in [-0.1, -0.05) is 32.3 Å². The van der Waals surface area contributed by atoms with Crippen LogP contribution >= 0.6 is 11.6 Å². The van der Waals surface area contributed by atoms with Crippen LogP contribution in [-0.4, -0.2) is 18.0 Å². The van der Waals surface area contributed by atoms with E-state index in [-0.39, 0.29) is 18.0 Å². The minimum absolute atomic E-state index is 0.0365. The highest BCUT2D eigenvalue weighted by Gasteiger charge is 2.11. The number of rotatable bonds is 9. The summed E-state index contributed by atoms with van der Waals surface area (Å²) in [6.07, 6.45) is 8.13. The monoisotopic (exact) mass is 232 g/mol. The standard InChI is InChI=1S/C12H21ClO2/c1-3-5-6-7-9-11(8-4-2)15-12(14)10-13/h4,11H,2-3,5-10H2,1H3. The second kappa shape index (κ2) is 10.0. The Hall–Kier alpha value is -0.500. The van der Waals surface area contributed by atoms with Crippen molar-refractivity contribution in [1.82, 2.24) is 0 Å². The maximum Gasteiger partial charge on any atom is 0.321 e. The van der Waals surface area contributed by atoms with E-state index in [9.17, 15) is 4.79 Å². The van der Waals surface area contributed by atoms with Crippen molar-refractivity contribution in [3.8, 4) is 0 Å². The van der Waals surface area contributed by atoms with Gasteiger partial charge in [0, 0.05) is 6.42 Å². The first kappa shape index (κ1) is 14.5. The second-order valence-electron chi connectivity index (χ2n) is 3.62. The van der Waals surface area contributed by atoms with Crippen LogP contribution in [0.4, 0.5) is 0 Å². The van der Waals surface area contributed by atoms with Gasteiger partial charge in [-0.15, -0.1) is 18.2 Å². The lowest BCUT2D eigenvalue weighted by atomic mass is 10.1. The zero-order valence-corrected chi connectivity index (χ0v) is 10.3. The lowest BCUT2D eigenvalue weighted by molar-refractivity contribution is -0.146. The molecule has 0 aliphatic rings. The maximum atomic E-state index is 11.0. The Labute approximate surface area is 97.6 Å². The lowest BCUT2D eigenvalue weighted by Gasteiger charge is -2.15. The van der Waals surface area contributed by atoms with Crippen LogP contribution < -0.4 is 0 Å². The fraction of sp³-hybridized carbons (Fsp3) is 0.750. The Morgan fingerprint density at radius 2 is 2.20 bits per heavy atom. The molecular weight excluding hydrogens is 212 g/mol. The van der Waals surface area contributed by atoms with E-state index >= 15 is 0 Å². The summed E-state index contributed by atoms with van der Waals surface area (Å²) in [5.41, 5.74) is 0. The van der Waals surface area contributed by atoms with Gasteiger partial charge in [0.1, 0.15) is 12.0 Å². The molecule has 0 amide bonds. The summed E-state index contributed by atoms with van der Waals surface area (Å²) in [7, 11) is 0. The lowest BCUT2D eigenvalue weighted by Crippen LogP contribution is -2.18. The Balaban J connectivity index is 3.72. The molecule has 0 saturated carbocycles. The number of unbranched alkanes of at least 4 members (excludes halogenated alkanes) is 3. The Kier molecular flexibility index (Phi) is 9.70. The maximum absolute atomic E-state index is 11.0. The van der Waals surface area contributed by atoms with Gasteiger partial charge < -0.3 is 4.74 Å². The fourth-order valence-corrected chi connectivity index (χ4v) is 1.49. The number of hydrogen-bond acceptors (Lipinski definition) is 2. The molecular formula is C12H21ClO2. The van der Waals surface area contributed by atoms with Crippen molar-refractivity contribution in [2.24, 2.45) is 0 Å². The first-order valence-corrected chi connectivity index (χ1v) is 6.14. The second-order valence-corrected chi connectivity index (χ2v) is 3.89. The first-order valence-electron chi connectivity index (χ1n) is 5.60. The summed E-state index contributed by atoms with van der Waals surface area (Å²) in [5, 5.41) is 0. The molecule has 15 heavy (non-hydrogen) atoms. The van der Waals surface area contributed by atoms with Gasteiger partial charge in [0.15, 0.2) is 0 Å². The van der Waals surface area contributed by atoms with Crippen molar-refractivity contribution in [2.75, 3.05) is 5.88 Å². The average Bonchev–Trinajstić information content (AvgIpc) is 2.24. The van der Waals surface area contributed by atoms with E-state index in [0.717, 1.165) is 19.3 Å². The molecule has 1 atom stereocenters. The Morgan fingerprint density at radius 1 is 1.47 bits per heavy atom. The van der Waals surface area contributed by atoms with E-state index in [1.807, 2.05) is 0 Å². The molecule has 1 unspecified atom stereocenters. The van der Waals surface area contributed by atoms with Gasteiger partial charge in [0.2, 0.25) is 0 Å². The van der Waals surface area contributed by atoms with Crippen LogP contribution in [0.5, 0.6) is 0 Å². The molecule has 0 aromatic rings. The predicted molar refractivity (Wildman–Crippen MR) is 64.2 cm³/mol. The Morgan fingerprint density at radius 3 is 2.73 bits per heavy atom. The molecule has 0 N–H and O–H groups in total. The fourth-order valence-electron chi connectivity index (χ4n) is 1.43. The van der Waals surface area contributed by atoms with Gasteiger partial charge in [0.25, 0.3) is 0 Å². The van der Waals surface area contributed by atoms with Crippen LogP contribution in [0.3, 0.4) is 0 Å². The molecule has 0 saturated heterocycles. The molecule has 0 aliphatic heterocycles. The largest absolute Gasteiger partial charge is 0.461 e. The smallest absolute Gasteiger partial charge is 0.321 e. The molecule has 0 bridgehead atoms. The van der Waals surface area contributed by atoms with Gasteiger partial charge >= 0.3 is 5.97 Å². The van der Waals surface area contributed by atoms with Gasteiger partial charge in [-0.05, 0) is 12.8 Å².